The molecule has 0 saturated carbocycles. The van der Waals surface area contributed by atoms with Crippen molar-refractivity contribution in [2.75, 3.05) is 6.61 Å². The van der Waals surface area contributed by atoms with Gasteiger partial charge in [0.2, 0.25) is 0 Å². The molecule has 8 heteroatoms. The Labute approximate surface area is 185 Å². The second-order valence-electron chi connectivity index (χ2n) is 6.82. The molecule has 0 aromatic heterocycles. The Balaban J connectivity index is 1.81. The Kier molecular flexibility index (Phi) is 7.24. The smallest absolute Gasteiger partial charge is 0.338 e. The number of nitrogens with one attached hydrogen (secondary N) is 2. The molecule has 1 aliphatic heterocycles. The summed E-state index contributed by atoms with van der Waals surface area (Å²) in [7, 11) is 0. The Morgan fingerprint density at radius 1 is 1.13 bits per heavy atom. The standard InChI is InChI=1S/C22H22Cl2N2O4/c1-3-9-29-21(27)19-13(2)25-22(28)26-20(19)15-5-4-6-16(11-15)30-12-14-7-8-17(23)18(24)10-14/h4-8,10-11,20H,3,9,12H2,1-2H3,(H2,25,26,28). The number of allylic oxidation sites excluding steroid dienone is 1. The summed E-state index contributed by atoms with van der Waals surface area (Å²) < 4.78 is 11.2. The molecule has 0 fully saturated rings. The van der Waals surface area contributed by atoms with Crippen molar-refractivity contribution in [3.63, 3.8) is 0 Å². The number of benzene rings is 2. The molecule has 2 amide bonds. The van der Waals surface area contributed by atoms with Crippen molar-refractivity contribution in [2.24, 2.45) is 0 Å². The van der Waals surface area contributed by atoms with E-state index in [0.717, 1.165) is 5.56 Å². The number of carbonyl (C=O) groups excluding carboxylic acids is 2. The summed E-state index contributed by atoms with van der Waals surface area (Å²) in [5.74, 6) is 0.124. The summed E-state index contributed by atoms with van der Waals surface area (Å²) in [6, 6.07) is 11.5. The third kappa shape index (κ3) is 5.26. The van der Waals surface area contributed by atoms with Crippen LogP contribution in [0, 0.1) is 0 Å². The van der Waals surface area contributed by atoms with E-state index in [1.165, 1.54) is 0 Å². The number of esters is 1. The van der Waals surface area contributed by atoms with E-state index in [9.17, 15) is 9.59 Å². The quantitative estimate of drug-likeness (QED) is 0.573. The fourth-order valence-electron chi connectivity index (χ4n) is 3.07. The van der Waals surface area contributed by atoms with Crippen LogP contribution in [0.15, 0.2) is 53.7 Å². The highest BCUT2D eigenvalue weighted by atomic mass is 35.5. The maximum atomic E-state index is 12.6. The van der Waals surface area contributed by atoms with Crippen LogP contribution in [0.2, 0.25) is 10.0 Å². The highest BCUT2D eigenvalue weighted by Gasteiger charge is 2.32. The molecule has 2 aromatic rings. The van der Waals surface area contributed by atoms with E-state index >= 15 is 0 Å². The highest BCUT2D eigenvalue weighted by Crippen LogP contribution is 2.30. The molecule has 1 unspecified atom stereocenters. The number of hydrogen-bond acceptors (Lipinski definition) is 4. The second-order valence-corrected chi connectivity index (χ2v) is 7.63. The molecule has 1 atom stereocenters. The SMILES string of the molecule is CCCOC(=O)C1=C(C)NC(=O)NC1c1cccc(OCc2ccc(Cl)c(Cl)c2)c1. The fourth-order valence-corrected chi connectivity index (χ4v) is 3.39. The van der Waals surface area contributed by atoms with Gasteiger partial charge in [-0.2, -0.15) is 0 Å². The summed E-state index contributed by atoms with van der Waals surface area (Å²) in [4.78, 5) is 24.6. The first-order valence-corrected chi connectivity index (χ1v) is 10.3. The molecule has 1 aliphatic rings. The average Bonchev–Trinajstić information content (AvgIpc) is 2.72. The van der Waals surface area contributed by atoms with E-state index in [0.29, 0.717) is 52.3 Å². The number of amides is 2. The van der Waals surface area contributed by atoms with Crippen LogP contribution < -0.4 is 15.4 Å². The second kappa shape index (κ2) is 9.87. The van der Waals surface area contributed by atoms with Gasteiger partial charge in [0.25, 0.3) is 0 Å². The van der Waals surface area contributed by atoms with Gasteiger partial charge in [-0.3, -0.25) is 0 Å². The van der Waals surface area contributed by atoms with Gasteiger partial charge >= 0.3 is 12.0 Å². The van der Waals surface area contributed by atoms with Crippen molar-refractivity contribution in [2.45, 2.75) is 32.9 Å². The topological polar surface area (TPSA) is 76.7 Å². The predicted octanol–water partition coefficient (Wildman–Crippen LogP) is 5.15. The highest BCUT2D eigenvalue weighted by molar-refractivity contribution is 6.42. The van der Waals surface area contributed by atoms with Gasteiger partial charge in [0.1, 0.15) is 12.4 Å². The lowest BCUT2D eigenvalue weighted by Gasteiger charge is -2.28. The molecule has 2 aromatic carbocycles. The van der Waals surface area contributed by atoms with Crippen molar-refractivity contribution in [3.05, 3.63) is 74.9 Å². The van der Waals surface area contributed by atoms with Crippen LogP contribution >= 0.6 is 23.2 Å². The van der Waals surface area contributed by atoms with Gasteiger partial charge in [-0.05, 0) is 48.7 Å². The number of ether oxygens (including phenoxy) is 2. The minimum atomic E-state index is -0.642. The van der Waals surface area contributed by atoms with E-state index in [2.05, 4.69) is 10.6 Å². The summed E-state index contributed by atoms with van der Waals surface area (Å²) in [5, 5.41) is 6.36. The lowest BCUT2D eigenvalue weighted by molar-refractivity contribution is -0.139. The predicted molar refractivity (Wildman–Crippen MR) is 116 cm³/mol. The van der Waals surface area contributed by atoms with Gasteiger partial charge in [-0.25, -0.2) is 9.59 Å². The number of rotatable bonds is 7. The molecule has 2 N–H and O–H groups in total. The van der Waals surface area contributed by atoms with Crippen LogP contribution in [0.25, 0.3) is 0 Å². The minimum Gasteiger partial charge on any atom is -0.489 e. The zero-order valence-corrected chi connectivity index (χ0v) is 18.1. The van der Waals surface area contributed by atoms with Gasteiger partial charge < -0.3 is 20.1 Å². The summed E-state index contributed by atoms with van der Waals surface area (Å²) in [5.41, 5.74) is 2.40. The molecule has 0 saturated heterocycles. The van der Waals surface area contributed by atoms with E-state index in [1.807, 2.05) is 19.1 Å². The van der Waals surface area contributed by atoms with Gasteiger partial charge in [0.15, 0.2) is 0 Å². The molecule has 0 radical (unpaired) electrons. The van der Waals surface area contributed by atoms with Crippen molar-refractivity contribution in [3.8, 4) is 5.75 Å². The molecular weight excluding hydrogens is 427 g/mol. The fraction of sp³-hybridized carbons (Fsp3) is 0.273. The van der Waals surface area contributed by atoms with Crippen LogP contribution in [0.3, 0.4) is 0 Å². The maximum absolute atomic E-state index is 12.6. The van der Waals surface area contributed by atoms with Gasteiger partial charge in [-0.15, -0.1) is 0 Å². The molecule has 0 aliphatic carbocycles. The Bertz CT molecular complexity index is 991. The molecule has 30 heavy (non-hydrogen) atoms. The van der Waals surface area contributed by atoms with E-state index in [4.69, 9.17) is 32.7 Å². The van der Waals surface area contributed by atoms with Crippen LogP contribution in [0.1, 0.15) is 37.4 Å². The lowest BCUT2D eigenvalue weighted by Crippen LogP contribution is -2.45. The van der Waals surface area contributed by atoms with Crippen LogP contribution in [-0.4, -0.2) is 18.6 Å². The molecule has 0 spiro atoms. The normalized spacial score (nSPS) is 16.0. The molecule has 1 heterocycles. The van der Waals surface area contributed by atoms with E-state index in [-0.39, 0.29) is 6.03 Å². The first kappa shape index (κ1) is 22.0. The Morgan fingerprint density at radius 2 is 1.93 bits per heavy atom. The third-order valence-corrected chi connectivity index (χ3v) is 5.25. The van der Waals surface area contributed by atoms with Gasteiger partial charge in [-0.1, -0.05) is 48.3 Å². The average molecular weight is 449 g/mol. The number of urea groups is 1. The third-order valence-electron chi connectivity index (χ3n) is 4.51. The molecule has 0 bridgehead atoms. The van der Waals surface area contributed by atoms with Crippen LogP contribution in [-0.2, 0) is 16.1 Å². The van der Waals surface area contributed by atoms with Crippen molar-refractivity contribution in [1.82, 2.24) is 10.6 Å². The minimum absolute atomic E-state index is 0.291. The lowest BCUT2D eigenvalue weighted by atomic mass is 9.95. The van der Waals surface area contributed by atoms with Crippen molar-refractivity contribution >= 4 is 35.2 Å². The van der Waals surface area contributed by atoms with Gasteiger partial charge in [0.05, 0.1) is 28.3 Å². The number of carbonyl (C=O) groups is 2. The molecular formula is C22H22Cl2N2O4. The van der Waals surface area contributed by atoms with E-state index in [1.54, 1.807) is 37.3 Å². The summed E-state index contributed by atoms with van der Waals surface area (Å²) in [6.45, 7) is 4.20. The van der Waals surface area contributed by atoms with Crippen molar-refractivity contribution < 1.29 is 19.1 Å². The Morgan fingerprint density at radius 3 is 2.67 bits per heavy atom. The van der Waals surface area contributed by atoms with Crippen LogP contribution in [0.5, 0.6) is 5.75 Å². The largest absolute Gasteiger partial charge is 0.489 e. The zero-order valence-electron chi connectivity index (χ0n) is 16.6. The Hall–Kier alpha value is -2.70. The molecule has 158 valence electrons. The molecule has 6 nitrogen and oxygen atoms in total. The first-order valence-electron chi connectivity index (χ1n) is 9.51. The molecule has 3 rings (SSSR count). The summed E-state index contributed by atoms with van der Waals surface area (Å²) in [6.07, 6.45) is 0.709. The van der Waals surface area contributed by atoms with Crippen molar-refractivity contribution in [1.29, 1.82) is 0 Å². The monoisotopic (exact) mass is 448 g/mol. The van der Waals surface area contributed by atoms with Crippen LogP contribution in [0.4, 0.5) is 4.79 Å². The number of hydrogen-bond donors (Lipinski definition) is 2. The number of halogens is 2. The van der Waals surface area contributed by atoms with Gasteiger partial charge in [0, 0.05) is 5.70 Å². The van der Waals surface area contributed by atoms with E-state index < -0.39 is 12.0 Å². The first-order chi connectivity index (χ1) is 14.4. The summed E-state index contributed by atoms with van der Waals surface area (Å²) >= 11 is 12.0. The zero-order chi connectivity index (χ0) is 21.7. The maximum Gasteiger partial charge on any atom is 0.338 e.